The zero-order valence-electron chi connectivity index (χ0n) is 10.2. The molecule has 0 saturated carbocycles. The Morgan fingerprint density at radius 1 is 1.26 bits per heavy atom. The molecule has 0 radical (unpaired) electrons. The fraction of sp³-hybridized carbons (Fsp3) is 0.0714. The summed E-state index contributed by atoms with van der Waals surface area (Å²) >= 11 is 3.40. The Bertz CT molecular complexity index is 752. The lowest BCUT2D eigenvalue weighted by atomic mass is 10.2. The monoisotopic (exact) mass is 318 g/mol. The van der Waals surface area contributed by atoms with Crippen LogP contribution in [0.2, 0.25) is 0 Å². The molecule has 2 aromatic carbocycles. The van der Waals surface area contributed by atoms with E-state index in [1.165, 1.54) is 0 Å². The van der Waals surface area contributed by atoms with Crippen LogP contribution in [0.25, 0.3) is 22.6 Å². The number of nitrogens with zero attached hydrogens (tertiary/aromatic N) is 1. The lowest BCUT2D eigenvalue weighted by Gasteiger charge is -2.02. The van der Waals surface area contributed by atoms with Gasteiger partial charge in [0.25, 0.3) is 0 Å². The normalized spacial score (nSPS) is 10.8. The van der Waals surface area contributed by atoms with Crippen LogP contribution in [0.1, 0.15) is 0 Å². The number of benzene rings is 2. The predicted molar refractivity (Wildman–Crippen MR) is 78.1 cm³/mol. The topological polar surface area (TPSA) is 61.3 Å². The minimum absolute atomic E-state index is 0.502. The van der Waals surface area contributed by atoms with E-state index in [0.717, 1.165) is 21.3 Å². The van der Waals surface area contributed by atoms with Crippen molar-refractivity contribution in [3.05, 3.63) is 40.9 Å². The van der Waals surface area contributed by atoms with Crippen LogP contribution in [0, 0.1) is 0 Å². The van der Waals surface area contributed by atoms with E-state index in [2.05, 4.69) is 20.9 Å². The molecule has 0 spiro atoms. The number of rotatable bonds is 2. The summed E-state index contributed by atoms with van der Waals surface area (Å²) < 4.78 is 11.7. The summed E-state index contributed by atoms with van der Waals surface area (Å²) in [6.07, 6.45) is 0. The van der Waals surface area contributed by atoms with Crippen LogP contribution in [-0.2, 0) is 0 Å². The zero-order chi connectivity index (χ0) is 13.4. The highest BCUT2D eigenvalue weighted by molar-refractivity contribution is 9.10. The first-order valence-electron chi connectivity index (χ1n) is 5.68. The molecule has 0 fully saturated rings. The van der Waals surface area contributed by atoms with Crippen molar-refractivity contribution >= 4 is 32.7 Å². The molecule has 0 aliphatic rings. The van der Waals surface area contributed by atoms with Crippen molar-refractivity contribution in [2.75, 3.05) is 12.8 Å². The molecule has 0 aliphatic heterocycles. The van der Waals surface area contributed by atoms with E-state index in [4.69, 9.17) is 14.9 Å². The summed E-state index contributed by atoms with van der Waals surface area (Å²) in [4.78, 5) is 4.45. The maximum Gasteiger partial charge on any atom is 0.229 e. The quantitative estimate of drug-likeness (QED) is 0.729. The average Bonchev–Trinajstić information content (AvgIpc) is 2.84. The first-order valence-corrected chi connectivity index (χ1v) is 6.47. The van der Waals surface area contributed by atoms with Gasteiger partial charge < -0.3 is 14.9 Å². The van der Waals surface area contributed by atoms with Gasteiger partial charge in [0.15, 0.2) is 5.58 Å². The molecular formula is C14H11BrN2O2. The van der Waals surface area contributed by atoms with E-state index in [-0.39, 0.29) is 0 Å². The third kappa shape index (κ3) is 2.06. The number of nitrogens with two attached hydrogens (primary N) is 1. The number of aromatic nitrogens is 1. The summed E-state index contributed by atoms with van der Waals surface area (Å²) in [6.45, 7) is 0. The Morgan fingerprint density at radius 3 is 2.89 bits per heavy atom. The molecule has 0 saturated heterocycles. The largest absolute Gasteiger partial charge is 0.497 e. The lowest BCUT2D eigenvalue weighted by molar-refractivity contribution is 0.415. The highest BCUT2D eigenvalue weighted by Gasteiger charge is 2.12. The van der Waals surface area contributed by atoms with Gasteiger partial charge in [0.1, 0.15) is 11.3 Å². The van der Waals surface area contributed by atoms with Crippen LogP contribution in [0.3, 0.4) is 0 Å². The highest BCUT2D eigenvalue weighted by Crippen LogP contribution is 2.33. The van der Waals surface area contributed by atoms with Crippen molar-refractivity contribution in [2.45, 2.75) is 0 Å². The smallest absolute Gasteiger partial charge is 0.229 e. The SMILES string of the molecule is COc1ccc2oc(-c3cccc(Br)c3N)nc2c1. The van der Waals surface area contributed by atoms with E-state index in [0.29, 0.717) is 17.2 Å². The fourth-order valence-corrected chi connectivity index (χ4v) is 2.24. The molecule has 0 unspecified atom stereocenters. The van der Waals surface area contributed by atoms with Gasteiger partial charge in [-0.1, -0.05) is 6.07 Å². The Morgan fingerprint density at radius 2 is 2.11 bits per heavy atom. The Labute approximate surface area is 118 Å². The van der Waals surface area contributed by atoms with Crippen molar-refractivity contribution in [1.82, 2.24) is 4.98 Å². The van der Waals surface area contributed by atoms with Crippen molar-refractivity contribution in [3.8, 4) is 17.2 Å². The van der Waals surface area contributed by atoms with Crippen molar-refractivity contribution < 1.29 is 9.15 Å². The lowest BCUT2D eigenvalue weighted by Crippen LogP contribution is -1.91. The molecule has 0 bridgehead atoms. The van der Waals surface area contributed by atoms with Crippen LogP contribution in [0.4, 0.5) is 5.69 Å². The van der Waals surface area contributed by atoms with Gasteiger partial charge in [0.2, 0.25) is 5.89 Å². The van der Waals surface area contributed by atoms with Crippen LogP contribution in [0.15, 0.2) is 45.3 Å². The number of para-hydroxylation sites is 1. The summed E-state index contributed by atoms with van der Waals surface area (Å²) in [6, 6.07) is 11.1. The molecule has 19 heavy (non-hydrogen) atoms. The summed E-state index contributed by atoms with van der Waals surface area (Å²) in [5.41, 5.74) is 8.85. The summed E-state index contributed by atoms with van der Waals surface area (Å²) in [5.74, 6) is 1.25. The van der Waals surface area contributed by atoms with Gasteiger partial charge >= 0.3 is 0 Å². The fourth-order valence-electron chi connectivity index (χ4n) is 1.87. The van der Waals surface area contributed by atoms with Gasteiger partial charge in [-0.3, -0.25) is 0 Å². The van der Waals surface area contributed by atoms with Crippen LogP contribution in [-0.4, -0.2) is 12.1 Å². The van der Waals surface area contributed by atoms with Gasteiger partial charge in [-0.2, -0.15) is 0 Å². The van der Waals surface area contributed by atoms with Crippen molar-refractivity contribution in [1.29, 1.82) is 0 Å². The summed E-state index contributed by atoms with van der Waals surface area (Å²) in [7, 11) is 1.62. The number of anilines is 1. The van der Waals surface area contributed by atoms with Crippen molar-refractivity contribution in [3.63, 3.8) is 0 Å². The summed E-state index contributed by atoms with van der Waals surface area (Å²) in [5, 5.41) is 0. The standard InChI is InChI=1S/C14H11BrN2O2/c1-18-8-5-6-12-11(7-8)17-14(19-12)9-3-2-4-10(15)13(9)16/h2-7H,16H2,1H3. The minimum Gasteiger partial charge on any atom is -0.497 e. The number of methoxy groups -OCH3 is 1. The van der Waals surface area contributed by atoms with E-state index in [9.17, 15) is 0 Å². The van der Waals surface area contributed by atoms with E-state index in [1.54, 1.807) is 7.11 Å². The van der Waals surface area contributed by atoms with Crippen LogP contribution >= 0.6 is 15.9 Å². The molecule has 0 atom stereocenters. The third-order valence-electron chi connectivity index (χ3n) is 2.88. The van der Waals surface area contributed by atoms with Gasteiger partial charge in [0.05, 0.1) is 18.4 Å². The third-order valence-corrected chi connectivity index (χ3v) is 3.57. The van der Waals surface area contributed by atoms with Gasteiger partial charge in [-0.25, -0.2) is 4.98 Å². The second kappa shape index (κ2) is 4.59. The van der Waals surface area contributed by atoms with Crippen LogP contribution < -0.4 is 10.5 Å². The van der Waals surface area contributed by atoms with E-state index < -0.39 is 0 Å². The first kappa shape index (κ1) is 12.0. The van der Waals surface area contributed by atoms with Crippen molar-refractivity contribution in [2.24, 2.45) is 0 Å². The van der Waals surface area contributed by atoms with Gasteiger partial charge in [-0.15, -0.1) is 0 Å². The molecule has 1 aromatic heterocycles. The molecule has 3 rings (SSSR count). The number of halogens is 1. The molecule has 0 amide bonds. The maximum atomic E-state index is 6.02. The Balaban J connectivity index is 2.18. The highest BCUT2D eigenvalue weighted by atomic mass is 79.9. The van der Waals surface area contributed by atoms with Crippen LogP contribution in [0.5, 0.6) is 5.75 Å². The molecule has 1 heterocycles. The predicted octanol–water partition coefficient (Wildman–Crippen LogP) is 3.85. The number of oxazole rings is 1. The molecular weight excluding hydrogens is 308 g/mol. The van der Waals surface area contributed by atoms with Gasteiger partial charge in [0, 0.05) is 10.5 Å². The average molecular weight is 319 g/mol. The maximum absolute atomic E-state index is 6.02. The number of fused-ring (bicyclic) bond motifs is 1. The van der Waals surface area contributed by atoms with Gasteiger partial charge in [-0.05, 0) is 40.2 Å². The van der Waals surface area contributed by atoms with E-state index in [1.807, 2.05) is 36.4 Å². The number of nitrogen functional groups attached to an aromatic ring is 1. The number of ether oxygens (including phenoxy) is 1. The second-order valence-electron chi connectivity index (χ2n) is 4.05. The molecule has 5 heteroatoms. The Hall–Kier alpha value is -2.01. The van der Waals surface area contributed by atoms with E-state index >= 15 is 0 Å². The first-order chi connectivity index (χ1) is 9.19. The molecule has 3 aromatic rings. The Kier molecular flexibility index (Phi) is 2.91. The number of hydrogen-bond acceptors (Lipinski definition) is 4. The molecule has 0 aliphatic carbocycles. The zero-order valence-corrected chi connectivity index (χ0v) is 11.8. The number of hydrogen-bond donors (Lipinski definition) is 1. The minimum atomic E-state index is 0.502. The molecule has 96 valence electrons. The second-order valence-corrected chi connectivity index (χ2v) is 4.91. The molecule has 2 N–H and O–H groups in total. The molecule has 4 nitrogen and oxygen atoms in total.